The van der Waals surface area contributed by atoms with Crippen LogP contribution in [0.3, 0.4) is 0 Å². The highest BCUT2D eigenvalue weighted by Gasteiger charge is 1.95. The SMILES string of the molecule is Bc1c[nH]cc1/C=C(/F)C=N. The van der Waals surface area contributed by atoms with Crippen molar-refractivity contribution in [2.24, 2.45) is 0 Å². The average Bonchev–Trinajstić information content (AvgIpc) is 2.37. The van der Waals surface area contributed by atoms with E-state index < -0.39 is 5.83 Å². The van der Waals surface area contributed by atoms with Crippen molar-refractivity contribution >= 4 is 25.6 Å². The van der Waals surface area contributed by atoms with E-state index in [4.69, 9.17) is 5.41 Å². The molecule has 4 heteroatoms. The Morgan fingerprint density at radius 3 is 2.82 bits per heavy atom. The Bertz CT molecular complexity index is 290. The van der Waals surface area contributed by atoms with E-state index in [2.05, 4.69) is 4.98 Å². The first-order valence-electron chi connectivity index (χ1n) is 3.25. The molecule has 0 spiro atoms. The van der Waals surface area contributed by atoms with Crippen molar-refractivity contribution in [3.63, 3.8) is 0 Å². The summed E-state index contributed by atoms with van der Waals surface area (Å²) >= 11 is 0. The van der Waals surface area contributed by atoms with E-state index in [1.165, 1.54) is 6.08 Å². The van der Waals surface area contributed by atoms with Gasteiger partial charge in [-0.15, -0.1) is 0 Å². The van der Waals surface area contributed by atoms with Gasteiger partial charge in [0.05, 0.1) is 6.21 Å². The van der Waals surface area contributed by atoms with Crippen molar-refractivity contribution < 1.29 is 4.39 Å². The average molecular weight is 150 g/mol. The van der Waals surface area contributed by atoms with Crippen molar-refractivity contribution in [3.05, 3.63) is 23.8 Å². The molecule has 0 atom stereocenters. The zero-order valence-electron chi connectivity index (χ0n) is 6.19. The van der Waals surface area contributed by atoms with Gasteiger partial charge in [0.2, 0.25) is 0 Å². The molecule has 0 aliphatic heterocycles. The van der Waals surface area contributed by atoms with Gasteiger partial charge in [-0.25, -0.2) is 4.39 Å². The molecule has 2 nitrogen and oxygen atoms in total. The van der Waals surface area contributed by atoms with E-state index in [0.717, 1.165) is 11.0 Å². The predicted molar refractivity (Wildman–Crippen MR) is 46.8 cm³/mol. The molecular weight excluding hydrogens is 142 g/mol. The van der Waals surface area contributed by atoms with Gasteiger partial charge in [0.25, 0.3) is 0 Å². The van der Waals surface area contributed by atoms with Gasteiger partial charge in [0.1, 0.15) is 13.7 Å². The number of nitrogens with one attached hydrogen (secondary N) is 2. The van der Waals surface area contributed by atoms with Crippen LogP contribution in [0.25, 0.3) is 6.08 Å². The number of aromatic amines is 1. The second kappa shape index (κ2) is 3.19. The molecule has 11 heavy (non-hydrogen) atoms. The van der Waals surface area contributed by atoms with E-state index in [1.807, 2.05) is 7.85 Å². The van der Waals surface area contributed by atoms with Crippen LogP contribution < -0.4 is 5.46 Å². The Balaban J connectivity index is 2.94. The molecule has 0 aliphatic rings. The summed E-state index contributed by atoms with van der Waals surface area (Å²) in [5.41, 5.74) is 1.76. The number of rotatable bonds is 2. The zero-order chi connectivity index (χ0) is 8.27. The van der Waals surface area contributed by atoms with Crippen LogP contribution in [0.5, 0.6) is 0 Å². The molecule has 0 unspecified atom stereocenters. The minimum absolute atomic E-state index is 0.535. The molecule has 0 radical (unpaired) electrons. The molecule has 1 aromatic heterocycles. The lowest BCUT2D eigenvalue weighted by Crippen LogP contribution is -2.00. The van der Waals surface area contributed by atoms with E-state index >= 15 is 0 Å². The molecule has 0 saturated carbocycles. The third-order valence-electron chi connectivity index (χ3n) is 1.43. The Morgan fingerprint density at radius 1 is 1.64 bits per heavy atom. The summed E-state index contributed by atoms with van der Waals surface area (Å²) in [4.78, 5) is 2.84. The second-order valence-electron chi connectivity index (χ2n) is 2.27. The maximum atomic E-state index is 12.5. The third kappa shape index (κ3) is 1.80. The van der Waals surface area contributed by atoms with E-state index in [1.54, 1.807) is 12.4 Å². The van der Waals surface area contributed by atoms with Crippen LogP contribution >= 0.6 is 0 Å². The fraction of sp³-hybridized carbons (Fsp3) is 0. The lowest BCUT2D eigenvalue weighted by molar-refractivity contribution is 0.692. The molecule has 1 heterocycles. The molecule has 1 rings (SSSR count). The van der Waals surface area contributed by atoms with Gasteiger partial charge >= 0.3 is 0 Å². The quantitative estimate of drug-likeness (QED) is 0.447. The summed E-state index contributed by atoms with van der Waals surface area (Å²) in [6, 6.07) is 0. The second-order valence-corrected chi connectivity index (χ2v) is 2.27. The van der Waals surface area contributed by atoms with Crippen molar-refractivity contribution in [2.75, 3.05) is 0 Å². The monoisotopic (exact) mass is 150 g/mol. The van der Waals surface area contributed by atoms with Gasteiger partial charge in [-0.1, -0.05) is 5.46 Å². The Kier molecular flexibility index (Phi) is 2.26. The van der Waals surface area contributed by atoms with Crippen LogP contribution in [0.15, 0.2) is 18.2 Å². The lowest BCUT2D eigenvalue weighted by atomic mass is 9.95. The van der Waals surface area contributed by atoms with Gasteiger partial charge in [-0.2, -0.15) is 0 Å². The minimum Gasteiger partial charge on any atom is -0.368 e. The molecule has 0 aromatic carbocycles. The highest BCUT2D eigenvalue weighted by atomic mass is 19.1. The van der Waals surface area contributed by atoms with E-state index in [9.17, 15) is 4.39 Å². The Labute approximate surface area is 65.0 Å². The van der Waals surface area contributed by atoms with Crippen LogP contribution in [-0.4, -0.2) is 19.0 Å². The van der Waals surface area contributed by atoms with E-state index in [-0.39, 0.29) is 0 Å². The topological polar surface area (TPSA) is 39.6 Å². The summed E-state index contributed by atoms with van der Waals surface area (Å²) in [6.45, 7) is 0. The Hall–Kier alpha value is -1.32. The highest BCUT2D eigenvalue weighted by molar-refractivity contribution is 6.34. The fourth-order valence-corrected chi connectivity index (χ4v) is 0.799. The van der Waals surface area contributed by atoms with Gasteiger partial charge in [0.15, 0.2) is 0 Å². The van der Waals surface area contributed by atoms with Gasteiger partial charge in [-0.3, -0.25) is 0 Å². The molecular formula is C7H8BFN2. The molecule has 0 amide bonds. The van der Waals surface area contributed by atoms with Crippen LogP contribution in [0.1, 0.15) is 5.56 Å². The Morgan fingerprint density at radius 2 is 2.36 bits per heavy atom. The summed E-state index contributed by atoms with van der Waals surface area (Å²) in [5.74, 6) is -0.535. The number of hydrogen-bond acceptors (Lipinski definition) is 1. The number of allylic oxidation sites excluding steroid dienone is 1. The molecule has 0 saturated heterocycles. The summed E-state index contributed by atoms with van der Waals surface area (Å²) in [7, 11) is 1.87. The lowest BCUT2D eigenvalue weighted by Gasteiger charge is -1.87. The standard InChI is InChI=1S/C7H8BFN2/c8-7-4-11-3-5(7)1-6(9)2-10/h1-4,10-11H,8H2/b6-1+,10-2?. The fourth-order valence-electron chi connectivity index (χ4n) is 0.799. The third-order valence-corrected chi connectivity index (χ3v) is 1.43. The van der Waals surface area contributed by atoms with E-state index in [0.29, 0.717) is 6.21 Å². The zero-order valence-corrected chi connectivity index (χ0v) is 6.19. The molecule has 0 fully saturated rings. The van der Waals surface area contributed by atoms with Crippen LogP contribution in [-0.2, 0) is 0 Å². The van der Waals surface area contributed by atoms with Crippen LogP contribution in [0.4, 0.5) is 4.39 Å². The van der Waals surface area contributed by atoms with Gasteiger partial charge in [0, 0.05) is 6.20 Å². The largest absolute Gasteiger partial charge is 0.368 e. The predicted octanol–water partition coefficient (Wildman–Crippen LogP) is 0.233. The first-order chi connectivity index (χ1) is 5.24. The van der Waals surface area contributed by atoms with Crippen LogP contribution in [0, 0.1) is 5.41 Å². The van der Waals surface area contributed by atoms with Gasteiger partial charge in [-0.05, 0) is 17.8 Å². The summed E-state index contributed by atoms with van der Waals surface area (Å²) in [6.07, 6.45) is 5.48. The summed E-state index contributed by atoms with van der Waals surface area (Å²) < 4.78 is 12.5. The van der Waals surface area contributed by atoms with Crippen molar-refractivity contribution in [2.45, 2.75) is 0 Å². The molecule has 0 aliphatic carbocycles. The number of halogens is 1. The highest BCUT2D eigenvalue weighted by Crippen LogP contribution is 2.01. The number of H-pyrrole nitrogens is 1. The maximum Gasteiger partial charge on any atom is 0.142 e. The van der Waals surface area contributed by atoms with Gasteiger partial charge < -0.3 is 10.4 Å². The summed E-state index contributed by atoms with van der Waals surface area (Å²) in [5, 5.41) is 6.60. The first kappa shape index (κ1) is 7.79. The normalized spacial score (nSPS) is 11.5. The van der Waals surface area contributed by atoms with Crippen molar-refractivity contribution in [1.82, 2.24) is 4.98 Å². The maximum absolute atomic E-state index is 12.5. The molecule has 1 aromatic rings. The van der Waals surface area contributed by atoms with Crippen molar-refractivity contribution in [3.8, 4) is 0 Å². The molecule has 56 valence electrons. The van der Waals surface area contributed by atoms with Crippen LogP contribution in [0.2, 0.25) is 0 Å². The number of hydrogen-bond donors (Lipinski definition) is 2. The molecule has 2 N–H and O–H groups in total. The minimum atomic E-state index is -0.535. The smallest absolute Gasteiger partial charge is 0.142 e. The molecule has 0 bridgehead atoms. The first-order valence-corrected chi connectivity index (χ1v) is 3.25. The number of aromatic nitrogens is 1. The van der Waals surface area contributed by atoms with Crippen molar-refractivity contribution in [1.29, 1.82) is 5.41 Å².